The van der Waals surface area contributed by atoms with Crippen molar-refractivity contribution in [1.29, 1.82) is 0 Å². The Morgan fingerprint density at radius 3 is 2.77 bits per heavy atom. The summed E-state index contributed by atoms with van der Waals surface area (Å²) in [5, 5.41) is 9.04. The lowest BCUT2D eigenvalue weighted by molar-refractivity contribution is 0.0341. The van der Waals surface area contributed by atoms with Gasteiger partial charge in [0.15, 0.2) is 0 Å². The fourth-order valence-corrected chi connectivity index (χ4v) is 1.72. The van der Waals surface area contributed by atoms with Crippen LogP contribution in [0.5, 0.6) is 0 Å². The number of hydrogen-bond acceptors (Lipinski definition) is 3. The highest BCUT2D eigenvalue weighted by Crippen LogP contribution is 2.29. The molecule has 78 valence electrons. The third-order valence-electron chi connectivity index (χ3n) is 2.58. The highest BCUT2D eigenvalue weighted by Gasteiger charge is 2.35. The Labute approximate surface area is 80.3 Å². The van der Waals surface area contributed by atoms with Crippen LogP contribution in [0.15, 0.2) is 0 Å². The summed E-state index contributed by atoms with van der Waals surface area (Å²) in [6.45, 7) is 5.15. The standard InChI is InChI=1S/C10H21NO2/c1-8(2)6-13-9-3-4-10(11,5-9)7-12/h8-9,12H,3-7,11H2,1-2H3. The van der Waals surface area contributed by atoms with E-state index in [4.69, 9.17) is 15.6 Å². The maximum Gasteiger partial charge on any atom is 0.0612 e. The van der Waals surface area contributed by atoms with Crippen molar-refractivity contribution in [2.24, 2.45) is 11.7 Å². The van der Waals surface area contributed by atoms with Gasteiger partial charge >= 0.3 is 0 Å². The maximum atomic E-state index is 9.04. The second-order valence-electron chi connectivity index (χ2n) is 4.61. The minimum absolute atomic E-state index is 0.0779. The topological polar surface area (TPSA) is 55.5 Å². The van der Waals surface area contributed by atoms with E-state index in [-0.39, 0.29) is 18.2 Å². The quantitative estimate of drug-likeness (QED) is 0.687. The smallest absolute Gasteiger partial charge is 0.0612 e. The molecule has 1 aliphatic carbocycles. The molecule has 3 heteroatoms. The van der Waals surface area contributed by atoms with E-state index in [0.29, 0.717) is 5.92 Å². The Bertz CT molecular complexity index is 161. The van der Waals surface area contributed by atoms with Crippen LogP contribution in [0.25, 0.3) is 0 Å². The molecule has 2 atom stereocenters. The fraction of sp³-hybridized carbons (Fsp3) is 1.00. The van der Waals surface area contributed by atoms with Crippen LogP contribution in [-0.2, 0) is 4.74 Å². The molecule has 1 aliphatic rings. The molecule has 0 aromatic rings. The Morgan fingerprint density at radius 2 is 2.31 bits per heavy atom. The first-order chi connectivity index (χ1) is 6.06. The molecular formula is C10H21NO2. The van der Waals surface area contributed by atoms with Crippen molar-refractivity contribution >= 4 is 0 Å². The van der Waals surface area contributed by atoms with Crippen LogP contribution in [0.1, 0.15) is 33.1 Å². The summed E-state index contributed by atoms with van der Waals surface area (Å²) in [5.41, 5.74) is 5.55. The number of ether oxygens (including phenoxy) is 1. The number of hydrogen-bond donors (Lipinski definition) is 2. The number of aliphatic hydroxyl groups excluding tert-OH is 1. The minimum Gasteiger partial charge on any atom is -0.394 e. The van der Waals surface area contributed by atoms with E-state index >= 15 is 0 Å². The third kappa shape index (κ3) is 3.25. The van der Waals surface area contributed by atoms with Crippen molar-refractivity contribution in [3.05, 3.63) is 0 Å². The minimum atomic E-state index is -0.373. The zero-order chi connectivity index (χ0) is 9.90. The molecule has 0 heterocycles. The largest absolute Gasteiger partial charge is 0.394 e. The molecule has 3 N–H and O–H groups in total. The molecule has 2 unspecified atom stereocenters. The average Bonchev–Trinajstić information content (AvgIpc) is 2.45. The van der Waals surface area contributed by atoms with Crippen molar-refractivity contribution in [3.63, 3.8) is 0 Å². The molecule has 1 saturated carbocycles. The lowest BCUT2D eigenvalue weighted by Gasteiger charge is -2.21. The van der Waals surface area contributed by atoms with Crippen LogP contribution in [0.4, 0.5) is 0 Å². The van der Waals surface area contributed by atoms with E-state index in [0.717, 1.165) is 25.9 Å². The van der Waals surface area contributed by atoms with Gasteiger partial charge in [-0.25, -0.2) is 0 Å². The van der Waals surface area contributed by atoms with Crippen LogP contribution < -0.4 is 5.73 Å². The Kier molecular flexibility index (Phi) is 3.71. The van der Waals surface area contributed by atoms with Crippen molar-refractivity contribution in [2.75, 3.05) is 13.2 Å². The van der Waals surface area contributed by atoms with Crippen LogP contribution in [-0.4, -0.2) is 30.0 Å². The summed E-state index contributed by atoms with van der Waals surface area (Å²) in [6, 6.07) is 0. The molecule has 0 aromatic heterocycles. The molecule has 0 amide bonds. The molecule has 0 aliphatic heterocycles. The summed E-state index contributed by atoms with van der Waals surface area (Å²) in [6.07, 6.45) is 2.94. The van der Waals surface area contributed by atoms with Gasteiger partial charge in [-0.2, -0.15) is 0 Å². The third-order valence-corrected chi connectivity index (χ3v) is 2.58. The molecule has 3 nitrogen and oxygen atoms in total. The van der Waals surface area contributed by atoms with Gasteiger partial charge in [-0.05, 0) is 25.2 Å². The summed E-state index contributed by atoms with van der Waals surface area (Å²) in [5.74, 6) is 0.571. The molecule has 0 saturated heterocycles. The first-order valence-electron chi connectivity index (χ1n) is 5.07. The second kappa shape index (κ2) is 4.40. The lowest BCUT2D eigenvalue weighted by atomic mass is 10.0. The van der Waals surface area contributed by atoms with Gasteiger partial charge < -0.3 is 15.6 Å². The molecule has 13 heavy (non-hydrogen) atoms. The van der Waals surface area contributed by atoms with Crippen LogP contribution in [0.2, 0.25) is 0 Å². The van der Waals surface area contributed by atoms with Crippen molar-refractivity contribution in [3.8, 4) is 0 Å². The van der Waals surface area contributed by atoms with Gasteiger partial charge in [0, 0.05) is 12.1 Å². The highest BCUT2D eigenvalue weighted by molar-refractivity contribution is 4.93. The lowest BCUT2D eigenvalue weighted by Crippen LogP contribution is -2.41. The van der Waals surface area contributed by atoms with Crippen LogP contribution in [0.3, 0.4) is 0 Å². The molecule has 1 fully saturated rings. The molecule has 0 aromatic carbocycles. The van der Waals surface area contributed by atoms with Gasteiger partial charge in [0.1, 0.15) is 0 Å². The Hall–Kier alpha value is -0.120. The number of aliphatic hydroxyl groups is 1. The van der Waals surface area contributed by atoms with Gasteiger partial charge in [0.25, 0.3) is 0 Å². The predicted molar refractivity (Wildman–Crippen MR) is 52.4 cm³/mol. The van der Waals surface area contributed by atoms with Crippen molar-refractivity contribution < 1.29 is 9.84 Å². The van der Waals surface area contributed by atoms with Gasteiger partial charge in [0.05, 0.1) is 12.7 Å². The maximum absolute atomic E-state index is 9.04. The van der Waals surface area contributed by atoms with Crippen molar-refractivity contribution in [2.45, 2.75) is 44.8 Å². The molecule has 0 radical (unpaired) electrons. The number of nitrogens with two attached hydrogens (primary N) is 1. The second-order valence-corrected chi connectivity index (χ2v) is 4.61. The summed E-state index contributed by atoms with van der Waals surface area (Å²) >= 11 is 0. The average molecular weight is 187 g/mol. The monoisotopic (exact) mass is 187 g/mol. The molecule has 0 bridgehead atoms. The first-order valence-corrected chi connectivity index (χ1v) is 5.07. The summed E-state index contributed by atoms with van der Waals surface area (Å²) < 4.78 is 5.67. The molecule has 0 spiro atoms. The van der Waals surface area contributed by atoms with Gasteiger partial charge in [-0.1, -0.05) is 13.8 Å². The van der Waals surface area contributed by atoms with E-state index in [2.05, 4.69) is 13.8 Å². The van der Waals surface area contributed by atoms with Crippen LogP contribution >= 0.6 is 0 Å². The first kappa shape index (κ1) is 11.0. The van der Waals surface area contributed by atoms with E-state index in [1.807, 2.05) is 0 Å². The molecule has 1 rings (SSSR count). The normalized spacial score (nSPS) is 34.4. The zero-order valence-corrected chi connectivity index (χ0v) is 8.62. The number of rotatable bonds is 4. The van der Waals surface area contributed by atoms with E-state index < -0.39 is 0 Å². The predicted octanol–water partition coefficient (Wildman–Crippen LogP) is 0.901. The fourth-order valence-electron chi connectivity index (χ4n) is 1.72. The van der Waals surface area contributed by atoms with Gasteiger partial charge in [-0.15, -0.1) is 0 Å². The zero-order valence-electron chi connectivity index (χ0n) is 8.62. The van der Waals surface area contributed by atoms with E-state index in [1.165, 1.54) is 0 Å². The Balaban J connectivity index is 2.25. The summed E-state index contributed by atoms with van der Waals surface area (Å²) in [7, 11) is 0. The van der Waals surface area contributed by atoms with E-state index in [9.17, 15) is 0 Å². The molecular weight excluding hydrogens is 166 g/mol. The van der Waals surface area contributed by atoms with Crippen molar-refractivity contribution in [1.82, 2.24) is 0 Å². The summed E-state index contributed by atoms with van der Waals surface area (Å²) in [4.78, 5) is 0. The van der Waals surface area contributed by atoms with Crippen LogP contribution in [0, 0.1) is 5.92 Å². The van der Waals surface area contributed by atoms with Gasteiger partial charge in [0.2, 0.25) is 0 Å². The SMILES string of the molecule is CC(C)COC1CCC(N)(CO)C1. The highest BCUT2D eigenvalue weighted by atomic mass is 16.5. The van der Waals surface area contributed by atoms with E-state index in [1.54, 1.807) is 0 Å². The van der Waals surface area contributed by atoms with Gasteiger partial charge in [-0.3, -0.25) is 0 Å². The Morgan fingerprint density at radius 1 is 1.62 bits per heavy atom.